The van der Waals surface area contributed by atoms with Crippen molar-refractivity contribution in [2.45, 2.75) is 71.3 Å². The molecule has 0 amide bonds. The summed E-state index contributed by atoms with van der Waals surface area (Å²) in [5, 5.41) is 3.56. The van der Waals surface area contributed by atoms with E-state index in [1.165, 1.54) is 44.9 Å². The second kappa shape index (κ2) is 7.38. The molecule has 3 N–H and O–H groups in total. The molecule has 0 saturated heterocycles. The quantitative estimate of drug-likeness (QED) is 0.670. The Hall–Kier alpha value is -0.0800. The maximum absolute atomic E-state index is 6.45. The molecule has 2 atom stereocenters. The number of nitrogens with one attached hydrogen (secondary N) is 1. The van der Waals surface area contributed by atoms with Crippen LogP contribution in [0.5, 0.6) is 0 Å². The first-order valence-corrected chi connectivity index (χ1v) is 7.51. The van der Waals surface area contributed by atoms with Gasteiger partial charge in [-0.2, -0.15) is 0 Å². The molecule has 0 heterocycles. The maximum Gasteiger partial charge on any atom is 0.0283 e. The Bertz CT molecular complexity index is 203. The van der Waals surface area contributed by atoms with Gasteiger partial charge in [0.1, 0.15) is 0 Å². The minimum Gasteiger partial charge on any atom is -0.324 e. The fourth-order valence-electron chi connectivity index (χ4n) is 3.00. The third-order valence-electron chi connectivity index (χ3n) is 3.99. The summed E-state index contributed by atoms with van der Waals surface area (Å²) >= 11 is 0. The summed E-state index contributed by atoms with van der Waals surface area (Å²) in [5.74, 6) is 1.66. The normalized spacial score (nSPS) is 29.8. The van der Waals surface area contributed by atoms with Crippen LogP contribution in [0.4, 0.5) is 0 Å². The first-order valence-electron chi connectivity index (χ1n) is 7.51. The Labute approximate surface area is 108 Å². The zero-order valence-corrected chi connectivity index (χ0v) is 12.1. The van der Waals surface area contributed by atoms with Gasteiger partial charge in [-0.05, 0) is 37.6 Å². The highest BCUT2D eigenvalue weighted by Crippen LogP contribution is 2.29. The molecule has 0 bridgehead atoms. The molecular formula is C15H32N2. The van der Waals surface area contributed by atoms with Crippen LogP contribution in [0.3, 0.4) is 0 Å². The van der Waals surface area contributed by atoms with Crippen LogP contribution in [0, 0.1) is 11.8 Å². The van der Waals surface area contributed by atoms with Crippen molar-refractivity contribution in [1.29, 1.82) is 0 Å². The molecule has 1 aliphatic carbocycles. The van der Waals surface area contributed by atoms with Crippen LogP contribution >= 0.6 is 0 Å². The highest BCUT2D eigenvalue weighted by Gasteiger charge is 2.30. The van der Waals surface area contributed by atoms with Crippen molar-refractivity contribution in [3.63, 3.8) is 0 Å². The summed E-state index contributed by atoms with van der Waals surface area (Å²) < 4.78 is 0. The third kappa shape index (κ3) is 6.42. The minimum absolute atomic E-state index is 0.0791. The Balaban J connectivity index is 2.05. The number of nitrogens with two attached hydrogens (primary N) is 1. The van der Waals surface area contributed by atoms with Gasteiger partial charge in [0.25, 0.3) is 0 Å². The van der Waals surface area contributed by atoms with Gasteiger partial charge in [0.15, 0.2) is 0 Å². The van der Waals surface area contributed by atoms with Gasteiger partial charge in [-0.1, -0.05) is 46.5 Å². The van der Waals surface area contributed by atoms with Crippen molar-refractivity contribution >= 4 is 0 Å². The van der Waals surface area contributed by atoms with E-state index in [1.807, 2.05) is 0 Å². The van der Waals surface area contributed by atoms with E-state index in [2.05, 4.69) is 26.1 Å². The second-order valence-corrected chi connectivity index (χ2v) is 6.63. The highest BCUT2D eigenvalue weighted by atomic mass is 14.9. The monoisotopic (exact) mass is 240 g/mol. The summed E-state index contributed by atoms with van der Waals surface area (Å²) in [4.78, 5) is 0. The smallest absolute Gasteiger partial charge is 0.0283 e. The molecule has 0 aromatic rings. The van der Waals surface area contributed by atoms with Crippen molar-refractivity contribution in [2.24, 2.45) is 17.6 Å². The molecule has 0 aromatic heterocycles. The van der Waals surface area contributed by atoms with Crippen LogP contribution in [-0.2, 0) is 0 Å². The average molecular weight is 240 g/mol. The largest absolute Gasteiger partial charge is 0.324 e. The Morgan fingerprint density at radius 1 is 1.35 bits per heavy atom. The molecule has 0 spiro atoms. The van der Waals surface area contributed by atoms with Crippen LogP contribution in [0.2, 0.25) is 0 Å². The molecule has 2 unspecified atom stereocenters. The highest BCUT2D eigenvalue weighted by molar-refractivity contribution is 4.91. The molecule has 102 valence electrons. The standard InChI is InChI=1S/C15H32N2/c1-13(2)7-4-5-10-17-12-15(16)9-6-8-14(3)11-15/h13-14,17H,4-12,16H2,1-3H3. The molecule has 1 aliphatic rings. The van der Waals surface area contributed by atoms with Crippen molar-refractivity contribution in [2.75, 3.05) is 13.1 Å². The first-order chi connectivity index (χ1) is 8.02. The topological polar surface area (TPSA) is 38.0 Å². The molecule has 1 rings (SSSR count). The average Bonchev–Trinajstić information content (AvgIpc) is 2.22. The summed E-state index contributed by atoms with van der Waals surface area (Å²) in [5.41, 5.74) is 6.53. The van der Waals surface area contributed by atoms with E-state index in [0.717, 1.165) is 24.9 Å². The predicted octanol–water partition coefficient (Wildman–Crippen LogP) is 3.31. The van der Waals surface area contributed by atoms with Gasteiger partial charge in [0, 0.05) is 12.1 Å². The molecule has 0 radical (unpaired) electrons. The zero-order valence-electron chi connectivity index (χ0n) is 12.1. The Morgan fingerprint density at radius 3 is 2.76 bits per heavy atom. The van der Waals surface area contributed by atoms with Crippen molar-refractivity contribution < 1.29 is 0 Å². The number of rotatable bonds is 7. The summed E-state index contributed by atoms with van der Waals surface area (Å²) in [6.45, 7) is 9.08. The third-order valence-corrected chi connectivity index (χ3v) is 3.99. The summed E-state index contributed by atoms with van der Waals surface area (Å²) in [7, 11) is 0. The van der Waals surface area contributed by atoms with Crippen LogP contribution < -0.4 is 11.1 Å². The van der Waals surface area contributed by atoms with E-state index in [-0.39, 0.29) is 5.54 Å². The number of hydrogen-bond acceptors (Lipinski definition) is 2. The molecule has 1 fully saturated rings. The van der Waals surface area contributed by atoms with E-state index < -0.39 is 0 Å². The van der Waals surface area contributed by atoms with Crippen LogP contribution in [-0.4, -0.2) is 18.6 Å². The van der Waals surface area contributed by atoms with Gasteiger partial charge >= 0.3 is 0 Å². The molecular weight excluding hydrogens is 208 g/mol. The molecule has 17 heavy (non-hydrogen) atoms. The van der Waals surface area contributed by atoms with Gasteiger partial charge in [0.05, 0.1) is 0 Å². The first kappa shape index (κ1) is 15.0. The lowest BCUT2D eigenvalue weighted by atomic mass is 9.77. The molecule has 2 heteroatoms. The number of hydrogen-bond donors (Lipinski definition) is 2. The lowest BCUT2D eigenvalue weighted by Gasteiger charge is -2.37. The van der Waals surface area contributed by atoms with Gasteiger partial charge in [-0.15, -0.1) is 0 Å². The number of unbranched alkanes of at least 4 members (excludes halogenated alkanes) is 1. The zero-order chi connectivity index (χ0) is 12.7. The van der Waals surface area contributed by atoms with Crippen molar-refractivity contribution in [3.8, 4) is 0 Å². The summed E-state index contributed by atoms with van der Waals surface area (Å²) in [6.07, 6.45) is 9.08. The Kier molecular flexibility index (Phi) is 6.50. The van der Waals surface area contributed by atoms with E-state index in [1.54, 1.807) is 0 Å². The maximum atomic E-state index is 6.45. The van der Waals surface area contributed by atoms with E-state index in [0.29, 0.717) is 0 Å². The molecule has 1 saturated carbocycles. The predicted molar refractivity (Wildman–Crippen MR) is 76.1 cm³/mol. The van der Waals surface area contributed by atoms with Crippen LogP contribution in [0.25, 0.3) is 0 Å². The SMILES string of the molecule is CC(C)CCCCNCC1(N)CCCC(C)C1. The van der Waals surface area contributed by atoms with Gasteiger partial charge in [-0.3, -0.25) is 0 Å². The van der Waals surface area contributed by atoms with E-state index >= 15 is 0 Å². The van der Waals surface area contributed by atoms with Gasteiger partial charge < -0.3 is 11.1 Å². The lowest BCUT2D eigenvalue weighted by Crippen LogP contribution is -2.51. The van der Waals surface area contributed by atoms with E-state index in [4.69, 9.17) is 5.73 Å². The van der Waals surface area contributed by atoms with Crippen molar-refractivity contribution in [3.05, 3.63) is 0 Å². The molecule has 0 aliphatic heterocycles. The van der Waals surface area contributed by atoms with Gasteiger partial charge in [-0.25, -0.2) is 0 Å². The van der Waals surface area contributed by atoms with E-state index in [9.17, 15) is 0 Å². The molecule has 2 nitrogen and oxygen atoms in total. The summed E-state index contributed by atoms with van der Waals surface area (Å²) in [6, 6.07) is 0. The van der Waals surface area contributed by atoms with Crippen molar-refractivity contribution in [1.82, 2.24) is 5.32 Å². The van der Waals surface area contributed by atoms with Crippen LogP contribution in [0.1, 0.15) is 65.7 Å². The second-order valence-electron chi connectivity index (χ2n) is 6.63. The fourth-order valence-corrected chi connectivity index (χ4v) is 3.00. The van der Waals surface area contributed by atoms with Crippen LogP contribution in [0.15, 0.2) is 0 Å². The minimum atomic E-state index is 0.0791. The Morgan fingerprint density at radius 2 is 2.12 bits per heavy atom. The van der Waals surface area contributed by atoms with Gasteiger partial charge in [0.2, 0.25) is 0 Å². The lowest BCUT2D eigenvalue weighted by molar-refractivity contribution is 0.229. The molecule has 0 aromatic carbocycles. The fraction of sp³-hybridized carbons (Fsp3) is 1.00.